The maximum atomic E-state index is 13.0. The number of nitrogens with one attached hydrogen (secondary N) is 2. The zero-order valence-electron chi connectivity index (χ0n) is 21.4. The average Bonchev–Trinajstić information content (AvgIpc) is 3.27. The van der Waals surface area contributed by atoms with E-state index in [0.717, 1.165) is 36.1 Å². The molecule has 0 radical (unpaired) electrons. The number of ether oxygens (including phenoxy) is 3. The van der Waals surface area contributed by atoms with E-state index in [1.807, 2.05) is 0 Å². The molecule has 0 aliphatic heterocycles. The number of carbonyl (C=O) groups excluding carboxylic acids is 3. The Morgan fingerprint density at radius 1 is 1.05 bits per heavy atom. The standard InChI is InChI=1S/C28H29ClN2O6S/c1-4-36-28(34)24-20-7-5-6-8-23(20)38-27(24)31-26(33)17-9-12-19(13-10-17)37-16(2)25(32)30-21-15-18(29)11-14-22(21)35-3/h9-16H,4-8H2,1-3H3,(H,30,32)(H,31,33)/t16-/m0/s1. The number of methoxy groups -OCH3 is 1. The Balaban J connectivity index is 1.42. The van der Waals surface area contributed by atoms with E-state index in [0.29, 0.717) is 38.3 Å². The van der Waals surface area contributed by atoms with Crippen LogP contribution in [-0.4, -0.2) is 37.6 Å². The summed E-state index contributed by atoms with van der Waals surface area (Å²) in [5, 5.41) is 6.62. The second-order valence-corrected chi connectivity index (χ2v) is 10.2. The van der Waals surface area contributed by atoms with Gasteiger partial charge in [0.2, 0.25) is 0 Å². The zero-order valence-corrected chi connectivity index (χ0v) is 23.0. The van der Waals surface area contributed by atoms with Crippen molar-refractivity contribution in [3.05, 3.63) is 69.1 Å². The van der Waals surface area contributed by atoms with Gasteiger partial charge in [-0.3, -0.25) is 9.59 Å². The van der Waals surface area contributed by atoms with Crippen molar-refractivity contribution in [1.82, 2.24) is 0 Å². The summed E-state index contributed by atoms with van der Waals surface area (Å²) < 4.78 is 16.3. The predicted molar refractivity (Wildman–Crippen MR) is 148 cm³/mol. The number of hydrogen-bond acceptors (Lipinski definition) is 7. The van der Waals surface area contributed by atoms with Gasteiger partial charge in [0.1, 0.15) is 16.5 Å². The molecule has 1 aliphatic rings. The Labute approximate surface area is 230 Å². The summed E-state index contributed by atoms with van der Waals surface area (Å²) in [5.41, 5.74) is 2.28. The van der Waals surface area contributed by atoms with Crippen LogP contribution in [0.3, 0.4) is 0 Å². The van der Waals surface area contributed by atoms with Gasteiger partial charge in [-0.2, -0.15) is 0 Å². The zero-order chi connectivity index (χ0) is 27.2. The number of esters is 1. The maximum absolute atomic E-state index is 13.0. The first-order valence-corrected chi connectivity index (χ1v) is 13.5. The van der Waals surface area contributed by atoms with Crippen LogP contribution >= 0.6 is 22.9 Å². The van der Waals surface area contributed by atoms with Crippen molar-refractivity contribution in [3.8, 4) is 11.5 Å². The van der Waals surface area contributed by atoms with Crippen molar-refractivity contribution < 1.29 is 28.6 Å². The van der Waals surface area contributed by atoms with Crippen LogP contribution in [0, 0.1) is 0 Å². The molecule has 1 atom stereocenters. The van der Waals surface area contributed by atoms with E-state index in [4.69, 9.17) is 25.8 Å². The van der Waals surface area contributed by atoms with Crippen LogP contribution in [-0.2, 0) is 22.4 Å². The van der Waals surface area contributed by atoms with Crippen molar-refractivity contribution in [1.29, 1.82) is 0 Å². The van der Waals surface area contributed by atoms with Gasteiger partial charge < -0.3 is 24.8 Å². The topological polar surface area (TPSA) is 103 Å². The van der Waals surface area contributed by atoms with Gasteiger partial charge in [0.05, 0.1) is 25.0 Å². The molecule has 1 heterocycles. The number of hydrogen-bond donors (Lipinski definition) is 2. The van der Waals surface area contributed by atoms with Gasteiger partial charge in [-0.1, -0.05) is 11.6 Å². The van der Waals surface area contributed by atoms with Crippen molar-refractivity contribution in [2.24, 2.45) is 0 Å². The minimum absolute atomic E-state index is 0.265. The summed E-state index contributed by atoms with van der Waals surface area (Å²) in [4.78, 5) is 39.4. The van der Waals surface area contributed by atoms with Crippen LogP contribution in [0.25, 0.3) is 0 Å². The van der Waals surface area contributed by atoms with Gasteiger partial charge in [-0.25, -0.2) is 4.79 Å². The van der Waals surface area contributed by atoms with Crippen LogP contribution in [0.15, 0.2) is 42.5 Å². The molecule has 1 aliphatic carbocycles. The average molecular weight is 557 g/mol. The molecule has 0 saturated carbocycles. The van der Waals surface area contributed by atoms with Gasteiger partial charge in [0, 0.05) is 15.5 Å². The lowest BCUT2D eigenvalue weighted by Gasteiger charge is -2.16. The van der Waals surface area contributed by atoms with Crippen LogP contribution in [0.1, 0.15) is 57.8 Å². The van der Waals surface area contributed by atoms with E-state index in [9.17, 15) is 14.4 Å². The molecule has 0 fully saturated rings. The van der Waals surface area contributed by atoms with Crippen LogP contribution < -0.4 is 20.1 Å². The highest BCUT2D eigenvalue weighted by Crippen LogP contribution is 2.39. The quantitative estimate of drug-likeness (QED) is 0.308. The van der Waals surface area contributed by atoms with E-state index in [2.05, 4.69) is 10.6 Å². The predicted octanol–water partition coefficient (Wildman–Crippen LogP) is 6.12. The number of aryl methyl sites for hydroxylation is 1. The lowest BCUT2D eigenvalue weighted by molar-refractivity contribution is -0.122. The van der Waals surface area contributed by atoms with Crippen molar-refractivity contribution in [2.75, 3.05) is 24.4 Å². The lowest BCUT2D eigenvalue weighted by atomic mass is 9.95. The summed E-state index contributed by atoms with van der Waals surface area (Å²) in [6, 6.07) is 11.4. The summed E-state index contributed by atoms with van der Waals surface area (Å²) in [7, 11) is 1.50. The number of anilines is 2. The molecular weight excluding hydrogens is 528 g/mol. The Morgan fingerprint density at radius 2 is 1.79 bits per heavy atom. The molecule has 0 spiro atoms. The van der Waals surface area contributed by atoms with Crippen LogP contribution in [0.4, 0.5) is 10.7 Å². The largest absolute Gasteiger partial charge is 0.495 e. The molecule has 200 valence electrons. The number of thiophene rings is 1. The molecule has 3 aromatic rings. The third-order valence-electron chi connectivity index (χ3n) is 6.10. The third kappa shape index (κ3) is 6.28. The van der Waals surface area contributed by atoms with Gasteiger partial charge >= 0.3 is 5.97 Å². The Bertz CT molecular complexity index is 1340. The molecule has 8 nitrogen and oxygen atoms in total. The number of halogens is 1. The summed E-state index contributed by atoms with van der Waals surface area (Å²) in [5.74, 6) is -0.252. The first-order valence-electron chi connectivity index (χ1n) is 12.3. The maximum Gasteiger partial charge on any atom is 0.341 e. The fourth-order valence-electron chi connectivity index (χ4n) is 4.20. The molecule has 4 rings (SSSR count). The first-order chi connectivity index (χ1) is 18.3. The minimum Gasteiger partial charge on any atom is -0.495 e. The molecule has 0 saturated heterocycles. The Hall–Kier alpha value is -3.56. The molecule has 2 aromatic carbocycles. The summed E-state index contributed by atoms with van der Waals surface area (Å²) in [6.45, 7) is 3.64. The minimum atomic E-state index is -0.831. The molecule has 38 heavy (non-hydrogen) atoms. The fourth-order valence-corrected chi connectivity index (χ4v) is 5.65. The molecule has 0 unspecified atom stereocenters. The Kier molecular flexibility index (Phi) is 8.91. The van der Waals surface area contributed by atoms with E-state index in [1.165, 1.54) is 18.4 Å². The monoisotopic (exact) mass is 556 g/mol. The summed E-state index contributed by atoms with van der Waals surface area (Å²) in [6.07, 6.45) is 2.94. The van der Waals surface area contributed by atoms with E-state index in [-0.39, 0.29) is 18.4 Å². The van der Waals surface area contributed by atoms with Gasteiger partial charge in [0.25, 0.3) is 11.8 Å². The van der Waals surface area contributed by atoms with E-state index in [1.54, 1.807) is 56.3 Å². The normalized spacial score (nSPS) is 13.2. The van der Waals surface area contributed by atoms with Crippen molar-refractivity contribution in [3.63, 3.8) is 0 Å². The third-order valence-corrected chi connectivity index (χ3v) is 7.54. The highest BCUT2D eigenvalue weighted by Gasteiger charge is 2.27. The SMILES string of the molecule is CCOC(=O)c1c(NC(=O)c2ccc(O[C@@H](C)C(=O)Nc3cc(Cl)ccc3OC)cc2)sc2c1CCCC2. The van der Waals surface area contributed by atoms with Gasteiger partial charge in [0.15, 0.2) is 6.10 Å². The molecule has 2 amide bonds. The molecular formula is C28H29ClN2O6S. The number of carbonyl (C=O) groups is 3. The smallest absolute Gasteiger partial charge is 0.341 e. The molecule has 0 bridgehead atoms. The number of rotatable bonds is 9. The van der Waals surface area contributed by atoms with E-state index < -0.39 is 12.1 Å². The fraction of sp³-hybridized carbons (Fsp3) is 0.321. The first kappa shape index (κ1) is 27.5. The molecule has 1 aromatic heterocycles. The molecule has 2 N–H and O–H groups in total. The van der Waals surface area contributed by atoms with Crippen molar-refractivity contribution >= 4 is 51.4 Å². The second kappa shape index (κ2) is 12.3. The number of benzene rings is 2. The number of amides is 2. The van der Waals surface area contributed by atoms with Crippen LogP contribution in [0.2, 0.25) is 5.02 Å². The second-order valence-electron chi connectivity index (χ2n) is 8.71. The number of fused-ring (bicyclic) bond motifs is 1. The Morgan fingerprint density at radius 3 is 2.50 bits per heavy atom. The lowest BCUT2D eigenvalue weighted by Crippen LogP contribution is -2.30. The van der Waals surface area contributed by atoms with Crippen molar-refractivity contribution in [2.45, 2.75) is 45.6 Å². The van der Waals surface area contributed by atoms with Gasteiger partial charge in [-0.05, 0) is 87.6 Å². The highest BCUT2D eigenvalue weighted by atomic mass is 35.5. The summed E-state index contributed by atoms with van der Waals surface area (Å²) >= 11 is 7.47. The van der Waals surface area contributed by atoms with Gasteiger partial charge in [-0.15, -0.1) is 11.3 Å². The van der Waals surface area contributed by atoms with E-state index >= 15 is 0 Å². The highest BCUT2D eigenvalue weighted by molar-refractivity contribution is 7.17. The van der Waals surface area contributed by atoms with Crippen LogP contribution in [0.5, 0.6) is 11.5 Å². The molecule has 10 heteroatoms.